The summed E-state index contributed by atoms with van der Waals surface area (Å²) in [6.45, 7) is 2.27. The molecule has 0 aromatic heterocycles. The number of benzene rings is 2. The molecule has 120 valence electrons. The highest BCUT2D eigenvalue weighted by Crippen LogP contribution is 2.27. The van der Waals surface area contributed by atoms with Crippen molar-refractivity contribution in [2.45, 2.75) is 19.3 Å². The number of rotatable bonds is 4. The fraction of sp³-hybridized carbons (Fsp3) is 0.316. The molecule has 1 aliphatic rings. The van der Waals surface area contributed by atoms with Crippen LogP contribution in [0.5, 0.6) is 5.75 Å². The second-order valence-corrected chi connectivity index (χ2v) is 6.62. The van der Waals surface area contributed by atoms with Gasteiger partial charge in [-0.3, -0.25) is 4.99 Å². The first-order chi connectivity index (χ1) is 11.3. The van der Waals surface area contributed by atoms with Crippen LogP contribution in [0.1, 0.15) is 24.8 Å². The van der Waals surface area contributed by atoms with Gasteiger partial charge in [0, 0.05) is 41.1 Å². The Kier molecular flexibility index (Phi) is 5.34. The van der Waals surface area contributed by atoms with E-state index in [0.29, 0.717) is 0 Å². The Morgan fingerprint density at radius 1 is 1.04 bits per heavy atom. The van der Waals surface area contributed by atoms with Crippen LogP contribution < -0.4 is 9.64 Å². The van der Waals surface area contributed by atoms with Crippen LogP contribution in [-0.4, -0.2) is 26.4 Å². The van der Waals surface area contributed by atoms with Gasteiger partial charge in [0.15, 0.2) is 0 Å². The van der Waals surface area contributed by atoms with Gasteiger partial charge in [-0.25, -0.2) is 0 Å². The summed E-state index contributed by atoms with van der Waals surface area (Å²) < 4.78 is 6.61. The third-order valence-electron chi connectivity index (χ3n) is 4.12. The Balaban J connectivity index is 1.80. The smallest absolute Gasteiger partial charge is 0.129 e. The molecule has 23 heavy (non-hydrogen) atoms. The number of aliphatic imine (C=N–C) groups is 1. The maximum Gasteiger partial charge on any atom is 0.129 e. The number of hydrogen-bond acceptors (Lipinski definition) is 3. The zero-order chi connectivity index (χ0) is 16.1. The molecule has 0 radical (unpaired) electrons. The fourth-order valence-electron chi connectivity index (χ4n) is 2.83. The maximum atomic E-state index is 5.56. The topological polar surface area (TPSA) is 24.8 Å². The molecule has 1 heterocycles. The average molecular weight is 373 g/mol. The highest BCUT2D eigenvalue weighted by Gasteiger charge is 2.12. The minimum Gasteiger partial charge on any atom is -0.496 e. The molecule has 0 bridgehead atoms. The Bertz CT molecular complexity index is 676. The third-order valence-corrected chi connectivity index (χ3v) is 4.65. The lowest BCUT2D eigenvalue weighted by molar-refractivity contribution is 0.414. The molecule has 0 amide bonds. The largest absolute Gasteiger partial charge is 0.496 e. The van der Waals surface area contributed by atoms with Crippen molar-refractivity contribution in [2.75, 3.05) is 25.1 Å². The number of piperidine rings is 1. The van der Waals surface area contributed by atoms with Gasteiger partial charge in [0.2, 0.25) is 0 Å². The summed E-state index contributed by atoms with van der Waals surface area (Å²) in [6, 6.07) is 14.3. The summed E-state index contributed by atoms with van der Waals surface area (Å²) in [5.74, 6) is 0.869. The van der Waals surface area contributed by atoms with Crippen molar-refractivity contribution in [3.8, 4) is 5.75 Å². The number of anilines is 1. The van der Waals surface area contributed by atoms with Crippen LogP contribution in [0, 0.1) is 0 Å². The molecule has 4 heteroatoms. The lowest BCUT2D eigenvalue weighted by Crippen LogP contribution is -2.29. The van der Waals surface area contributed by atoms with E-state index in [9.17, 15) is 0 Å². The fourth-order valence-corrected chi connectivity index (χ4v) is 3.09. The quantitative estimate of drug-likeness (QED) is 0.689. The van der Waals surface area contributed by atoms with E-state index in [4.69, 9.17) is 4.74 Å². The highest BCUT2D eigenvalue weighted by atomic mass is 79.9. The summed E-state index contributed by atoms with van der Waals surface area (Å²) >= 11 is 3.43. The van der Waals surface area contributed by atoms with E-state index in [1.54, 1.807) is 7.11 Å². The van der Waals surface area contributed by atoms with Crippen molar-refractivity contribution in [3.05, 3.63) is 52.5 Å². The molecule has 2 aromatic carbocycles. The summed E-state index contributed by atoms with van der Waals surface area (Å²) in [7, 11) is 1.71. The van der Waals surface area contributed by atoms with Gasteiger partial charge >= 0.3 is 0 Å². The molecule has 0 atom stereocenters. The summed E-state index contributed by atoms with van der Waals surface area (Å²) in [6.07, 6.45) is 5.75. The minimum absolute atomic E-state index is 0.869. The predicted molar refractivity (Wildman–Crippen MR) is 100 cm³/mol. The SMILES string of the molecule is COc1cc(N2CCCCC2)ccc1C=Nc1ccc(Br)cc1. The second-order valence-electron chi connectivity index (χ2n) is 5.71. The number of methoxy groups -OCH3 is 1. The molecule has 0 aliphatic carbocycles. The average Bonchev–Trinajstić information content (AvgIpc) is 2.62. The molecule has 3 rings (SSSR count). The predicted octanol–water partition coefficient (Wildman–Crippen LogP) is 5.20. The molecule has 1 aliphatic heterocycles. The summed E-state index contributed by atoms with van der Waals surface area (Å²) in [5, 5.41) is 0. The van der Waals surface area contributed by atoms with Crippen molar-refractivity contribution in [1.82, 2.24) is 0 Å². The Labute approximate surface area is 146 Å². The third kappa shape index (κ3) is 4.14. The lowest BCUT2D eigenvalue weighted by Gasteiger charge is -2.29. The van der Waals surface area contributed by atoms with Gasteiger partial charge in [0.1, 0.15) is 5.75 Å². The van der Waals surface area contributed by atoms with Crippen molar-refractivity contribution in [2.24, 2.45) is 4.99 Å². The van der Waals surface area contributed by atoms with E-state index in [1.165, 1.54) is 24.9 Å². The molecular weight excluding hydrogens is 352 g/mol. The van der Waals surface area contributed by atoms with Crippen LogP contribution >= 0.6 is 15.9 Å². The van der Waals surface area contributed by atoms with E-state index in [2.05, 4.69) is 44.0 Å². The minimum atomic E-state index is 0.869. The van der Waals surface area contributed by atoms with Crippen LogP contribution in [0.2, 0.25) is 0 Å². The van der Waals surface area contributed by atoms with Gasteiger partial charge in [-0.15, -0.1) is 0 Å². The first kappa shape index (κ1) is 16.1. The lowest BCUT2D eigenvalue weighted by atomic mass is 10.1. The van der Waals surface area contributed by atoms with E-state index < -0.39 is 0 Å². The molecule has 0 unspecified atom stereocenters. The zero-order valence-electron chi connectivity index (χ0n) is 13.3. The van der Waals surface area contributed by atoms with Gasteiger partial charge in [-0.1, -0.05) is 15.9 Å². The van der Waals surface area contributed by atoms with E-state index in [-0.39, 0.29) is 0 Å². The molecule has 3 nitrogen and oxygen atoms in total. The van der Waals surface area contributed by atoms with Crippen molar-refractivity contribution in [1.29, 1.82) is 0 Å². The standard InChI is InChI=1S/C19H21BrN2O/c1-23-19-13-18(22-11-3-2-4-12-22)10-5-15(19)14-21-17-8-6-16(20)7-9-17/h5-10,13-14H,2-4,11-12H2,1H3. The summed E-state index contributed by atoms with van der Waals surface area (Å²) in [5.41, 5.74) is 3.16. The first-order valence-corrected chi connectivity index (χ1v) is 8.78. The highest BCUT2D eigenvalue weighted by molar-refractivity contribution is 9.10. The van der Waals surface area contributed by atoms with E-state index in [0.717, 1.165) is 34.6 Å². The summed E-state index contributed by atoms with van der Waals surface area (Å²) in [4.78, 5) is 6.96. The van der Waals surface area contributed by atoms with E-state index >= 15 is 0 Å². The number of halogens is 1. The van der Waals surface area contributed by atoms with Crippen LogP contribution in [0.15, 0.2) is 51.9 Å². The Morgan fingerprint density at radius 2 is 1.78 bits per heavy atom. The van der Waals surface area contributed by atoms with E-state index in [1.807, 2.05) is 30.5 Å². The van der Waals surface area contributed by atoms with Gasteiger partial charge < -0.3 is 9.64 Å². The van der Waals surface area contributed by atoms with Crippen LogP contribution in [0.3, 0.4) is 0 Å². The Morgan fingerprint density at radius 3 is 2.48 bits per heavy atom. The molecule has 0 N–H and O–H groups in total. The zero-order valence-corrected chi connectivity index (χ0v) is 14.9. The molecule has 0 saturated carbocycles. The molecule has 2 aromatic rings. The number of ether oxygens (including phenoxy) is 1. The van der Waals surface area contributed by atoms with Crippen molar-refractivity contribution < 1.29 is 4.74 Å². The van der Waals surface area contributed by atoms with Gasteiger partial charge in [0.25, 0.3) is 0 Å². The van der Waals surface area contributed by atoms with Crippen LogP contribution in [0.4, 0.5) is 11.4 Å². The van der Waals surface area contributed by atoms with Gasteiger partial charge in [0.05, 0.1) is 12.8 Å². The van der Waals surface area contributed by atoms with Crippen molar-refractivity contribution in [3.63, 3.8) is 0 Å². The number of hydrogen-bond donors (Lipinski definition) is 0. The van der Waals surface area contributed by atoms with Crippen LogP contribution in [0.25, 0.3) is 0 Å². The van der Waals surface area contributed by atoms with Gasteiger partial charge in [-0.05, 0) is 55.7 Å². The number of nitrogens with zero attached hydrogens (tertiary/aromatic N) is 2. The normalized spacial score (nSPS) is 15.1. The van der Waals surface area contributed by atoms with Gasteiger partial charge in [-0.2, -0.15) is 0 Å². The molecule has 1 saturated heterocycles. The second kappa shape index (κ2) is 7.64. The molecule has 0 spiro atoms. The first-order valence-electron chi connectivity index (χ1n) is 7.99. The molecule has 1 fully saturated rings. The maximum absolute atomic E-state index is 5.56. The van der Waals surface area contributed by atoms with Crippen molar-refractivity contribution >= 4 is 33.5 Å². The van der Waals surface area contributed by atoms with Crippen LogP contribution in [-0.2, 0) is 0 Å². The Hall–Kier alpha value is -1.81. The monoisotopic (exact) mass is 372 g/mol. The molecular formula is C19H21BrN2O.